The smallest absolute Gasteiger partial charge is 0.0842 e. The van der Waals surface area contributed by atoms with Crippen LogP contribution in [-0.2, 0) is 0 Å². The minimum atomic E-state index is -0.402. The lowest BCUT2D eigenvalue weighted by Gasteiger charge is -2.28. The van der Waals surface area contributed by atoms with Gasteiger partial charge in [-0.3, -0.25) is 0 Å². The van der Waals surface area contributed by atoms with E-state index in [-0.39, 0.29) is 18.3 Å². The summed E-state index contributed by atoms with van der Waals surface area (Å²) in [4.78, 5) is 4.25. The first kappa shape index (κ1) is 17.4. The zero-order chi connectivity index (χ0) is 12.8. The summed E-state index contributed by atoms with van der Waals surface area (Å²) in [6, 6.07) is 9.90. The summed E-state index contributed by atoms with van der Waals surface area (Å²) in [5.74, 6) is 0.224. The molecular weight excluding hydrogens is 248 g/mol. The molecule has 0 spiro atoms. The van der Waals surface area contributed by atoms with Gasteiger partial charge in [-0.25, -0.2) is 0 Å². The highest BCUT2D eigenvalue weighted by Crippen LogP contribution is 2.22. The summed E-state index contributed by atoms with van der Waals surface area (Å²) in [6.07, 6.45) is -0.402. The van der Waals surface area contributed by atoms with E-state index in [0.717, 1.165) is 18.7 Å². The lowest BCUT2D eigenvalue weighted by atomic mass is 9.95. The summed E-state index contributed by atoms with van der Waals surface area (Å²) >= 11 is 0. The van der Waals surface area contributed by atoms with Crippen molar-refractivity contribution in [3.8, 4) is 0 Å². The molecule has 0 aromatic heterocycles. The van der Waals surface area contributed by atoms with E-state index in [1.165, 1.54) is 0 Å². The van der Waals surface area contributed by atoms with Crippen LogP contribution in [0.4, 0.5) is 0 Å². The van der Waals surface area contributed by atoms with Crippen LogP contribution in [0.25, 0.3) is 0 Å². The number of hydrogen-bond acceptors (Lipinski definition) is 3. The van der Waals surface area contributed by atoms with Crippen LogP contribution in [0.15, 0.2) is 30.3 Å². The number of hydrogen-bond donors (Lipinski definition) is 1. The summed E-state index contributed by atoms with van der Waals surface area (Å²) in [5, 5.41) is 10.4. The quantitative estimate of drug-likeness (QED) is 0.857. The fraction of sp³-hybridized carbons (Fsp3) is 0.571. The average molecular weight is 273 g/mol. The molecule has 104 valence electrons. The van der Waals surface area contributed by atoms with Gasteiger partial charge in [0.1, 0.15) is 0 Å². The Labute approximate surface area is 117 Å². The van der Waals surface area contributed by atoms with Crippen LogP contribution in [0, 0.1) is 5.92 Å². The van der Waals surface area contributed by atoms with Crippen molar-refractivity contribution in [2.45, 2.75) is 6.10 Å². The molecule has 0 amide bonds. The highest BCUT2D eigenvalue weighted by atomic mass is 35.5. The topological polar surface area (TPSA) is 26.7 Å². The SMILES string of the molecule is CN(C)CC(CN(C)C)C(O)c1ccccc1.Cl. The van der Waals surface area contributed by atoms with Gasteiger partial charge >= 0.3 is 0 Å². The molecule has 0 saturated heterocycles. The van der Waals surface area contributed by atoms with Crippen molar-refractivity contribution in [3.05, 3.63) is 35.9 Å². The minimum absolute atomic E-state index is 0. The van der Waals surface area contributed by atoms with E-state index in [4.69, 9.17) is 0 Å². The van der Waals surface area contributed by atoms with Crippen LogP contribution in [0.3, 0.4) is 0 Å². The molecular formula is C14H25ClN2O. The first-order chi connectivity index (χ1) is 8.00. The summed E-state index contributed by atoms with van der Waals surface area (Å²) in [6.45, 7) is 1.77. The molecule has 4 heteroatoms. The second-order valence-electron chi connectivity index (χ2n) is 5.14. The van der Waals surface area contributed by atoms with Crippen molar-refractivity contribution in [3.63, 3.8) is 0 Å². The van der Waals surface area contributed by atoms with Gasteiger partial charge in [-0.05, 0) is 33.8 Å². The van der Waals surface area contributed by atoms with Crippen LogP contribution >= 0.6 is 12.4 Å². The number of rotatable bonds is 6. The van der Waals surface area contributed by atoms with Crippen LogP contribution in [0.5, 0.6) is 0 Å². The molecule has 0 radical (unpaired) electrons. The Morgan fingerprint density at radius 3 is 1.78 bits per heavy atom. The van der Waals surface area contributed by atoms with Gasteiger partial charge in [0.15, 0.2) is 0 Å². The van der Waals surface area contributed by atoms with Gasteiger partial charge < -0.3 is 14.9 Å². The zero-order valence-corrected chi connectivity index (χ0v) is 12.5. The van der Waals surface area contributed by atoms with E-state index in [1.54, 1.807) is 0 Å². The zero-order valence-electron chi connectivity index (χ0n) is 11.7. The normalized spacial score (nSPS) is 12.9. The lowest BCUT2D eigenvalue weighted by molar-refractivity contribution is 0.0735. The maximum atomic E-state index is 10.4. The molecule has 1 N–H and O–H groups in total. The van der Waals surface area contributed by atoms with Crippen molar-refractivity contribution in [2.75, 3.05) is 41.3 Å². The monoisotopic (exact) mass is 272 g/mol. The molecule has 1 atom stereocenters. The number of nitrogens with zero attached hydrogens (tertiary/aromatic N) is 2. The van der Waals surface area contributed by atoms with E-state index < -0.39 is 6.10 Å². The highest BCUT2D eigenvalue weighted by molar-refractivity contribution is 5.85. The number of benzene rings is 1. The van der Waals surface area contributed by atoms with E-state index >= 15 is 0 Å². The van der Waals surface area contributed by atoms with E-state index in [9.17, 15) is 5.11 Å². The Hall–Kier alpha value is -0.610. The summed E-state index contributed by atoms with van der Waals surface area (Å²) in [7, 11) is 8.17. The van der Waals surface area contributed by atoms with Gasteiger partial charge in [-0.1, -0.05) is 30.3 Å². The predicted molar refractivity (Wildman–Crippen MR) is 79.2 cm³/mol. The van der Waals surface area contributed by atoms with E-state index in [2.05, 4.69) is 9.80 Å². The first-order valence-electron chi connectivity index (χ1n) is 6.03. The molecule has 0 aliphatic heterocycles. The third-order valence-corrected chi connectivity index (χ3v) is 2.79. The number of aliphatic hydroxyl groups is 1. The molecule has 0 fully saturated rings. The van der Waals surface area contributed by atoms with Gasteiger partial charge in [0.05, 0.1) is 6.10 Å². The third kappa shape index (κ3) is 5.83. The van der Waals surface area contributed by atoms with Crippen molar-refractivity contribution < 1.29 is 5.11 Å². The van der Waals surface area contributed by atoms with Crippen LogP contribution < -0.4 is 0 Å². The van der Waals surface area contributed by atoms with Crippen LogP contribution in [-0.4, -0.2) is 56.2 Å². The molecule has 1 rings (SSSR count). The van der Waals surface area contributed by atoms with Gasteiger partial charge in [-0.15, -0.1) is 12.4 Å². The van der Waals surface area contributed by atoms with Gasteiger partial charge in [0.2, 0.25) is 0 Å². The molecule has 1 unspecified atom stereocenters. The Balaban J connectivity index is 0.00000289. The molecule has 18 heavy (non-hydrogen) atoms. The lowest BCUT2D eigenvalue weighted by Crippen LogP contribution is -2.34. The van der Waals surface area contributed by atoms with E-state index in [0.29, 0.717) is 0 Å². The molecule has 0 aliphatic carbocycles. The maximum absolute atomic E-state index is 10.4. The Morgan fingerprint density at radius 2 is 1.39 bits per heavy atom. The Kier molecular flexibility index (Phi) is 8.20. The van der Waals surface area contributed by atoms with E-state index in [1.807, 2.05) is 58.5 Å². The average Bonchev–Trinajstić information content (AvgIpc) is 2.27. The molecule has 0 aliphatic rings. The van der Waals surface area contributed by atoms with Crippen LogP contribution in [0.1, 0.15) is 11.7 Å². The highest BCUT2D eigenvalue weighted by Gasteiger charge is 2.22. The second-order valence-corrected chi connectivity index (χ2v) is 5.14. The van der Waals surface area contributed by atoms with Crippen molar-refractivity contribution in [2.24, 2.45) is 5.92 Å². The van der Waals surface area contributed by atoms with Crippen molar-refractivity contribution in [1.29, 1.82) is 0 Å². The third-order valence-electron chi connectivity index (χ3n) is 2.79. The Bertz CT molecular complexity index is 307. The maximum Gasteiger partial charge on any atom is 0.0842 e. The molecule has 0 heterocycles. The van der Waals surface area contributed by atoms with Crippen molar-refractivity contribution in [1.82, 2.24) is 9.80 Å². The van der Waals surface area contributed by atoms with Gasteiger partial charge in [0, 0.05) is 19.0 Å². The summed E-state index contributed by atoms with van der Waals surface area (Å²) < 4.78 is 0. The molecule has 1 aromatic carbocycles. The fourth-order valence-electron chi connectivity index (χ4n) is 2.12. The molecule has 1 aromatic rings. The number of halogens is 1. The van der Waals surface area contributed by atoms with Crippen LogP contribution in [0.2, 0.25) is 0 Å². The van der Waals surface area contributed by atoms with Crippen molar-refractivity contribution >= 4 is 12.4 Å². The Morgan fingerprint density at radius 1 is 0.944 bits per heavy atom. The van der Waals surface area contributed by atoms with Gasteiger partial charge in [-0.2, -0.15) is 0 Å². The molecule has 0 saturated carbocycles. The largest absolute Gasteiger partial charge is 0.388 e. The fourth-order valence-corrected chi connectivity index (χ4v) is 2.12. The number of aliphatic hydroxyl groups excluding tert-OH is 1. The summed E-state index contributed by atoms with van der Waals surface area (Å²) in [5.41, 5.74) is 1.00. The first-order valence-corrected chi connectivity index (χ1v) is 6.03. The minimum Gasteiger partial charge on any atom is -0.388 e. The second kappa shape index (κ2) is 8.48. The predicted octanol–water partition coefficient (Wildman–Crippen LogP) is 1.88. The molecule has 0 bridgehead atoms. The molecule has 3 nitrogen and oxygen atoms in total. The standard InChI is InChI=1S/C14H24N2O.ClH/c1-15(2)10-13(11-16(3)4)14(17)12-8-6-5-7-9-12;/h5-9,13-14,17H,10-11H2,1-4H3;1H. The van der Waals surface area contributed by atoms with Gasteiger partial charge in [0.25, 0.3) is 0 Å².